The van der Waals surface area contributed by atoms with Crippen molar-refractivity contribution >= 4 is 17.2 Å². The Labute approximate surface area is 212 Å². The highest BCUT2D eigenvalue weighted by Crippen LogP contribution is 2.36. The van der Waals surface area contributed by atoms with Crippen LogP contribution in [0.3, 0.4) is 0 Å². The normalized spacial score (nSPS) is 17.4. The van der Waals surface area contributed by atoms with Gasteiger partial charge < -0.3 is 21.1 Å². The Bertz CT molecular complexity index is 1310. The molecule has 0 saturated carbocycles. The number of benzene rings is 2. The summed E-state index contributed by atoms with van der Waals surface area (Å²) in [5.74, 6) is 2.00. The average molecular weight is 480 g/mol. The number of allylic oxidation sites excluding steroid dienone is 3. The topological polar surface area (TPSA) is 96.1 Å². The van der Waals surface area contributed by atoms with Crippen LogP contribution in [0.5, 0.6) is 5.75 Å². The second kappa shape index (κ2) is 10.8. The number of nitrogens with two attached hydrogens (primary N) is 1. The molecule has 184 valence electrons. The van der Waals surface area contributed by atoms with E-state index < -0.39 is 0 Å². The van der Waals surface area contributed by atoms with Crippen molar-refractivity contribution in [3.63, 3.8) is 0 Å². The van der Waals surface area contributed by atoms with Crippen LogP contribution in [0.25, 0.3) is 11.1 Å². The molecule has 1 aliphatic carbocycles. The number of aryl methyl sites for hydroxylation is 1. The Hall–Kier alpha value is -3.90. The first-order valence-electron chi connectivity index (χ1n) is 12.7. The maximum atomic E-state index is 9.21. The molecule has 2 aliphatic rings. The SMILES string of the molecule is Cc1cc(C(=N)c2c(N)ncc(-c3ccccc3)c2NC2CCCNC2)ccc1OC1=CCCC=C1. The van der Waals surface area contributed by atoms with E-state index in [1.54, 1.807) is 0 Å². The molecule has 1 aromatic heterocycles. The van der Waals surface area contributed by atoms with Crippen molar-refractivity contribution in [2.75, 3.05) is 24.1 Å². The lowest BCUT2D eigenvalue weighted by atomic mass is 9.94. The van der Waals surface area contributed by atoms with E-state index in [2.05, 4.69) is 39.9 Å². The number of ether oxygens (including phenoxy) is 1. The van der Waals surface area contributed by atoms with Crippen LogP contribution in [0.4, 0.5) is 11.5 Å². The second-order valence-electron chi connectivity index (χ2n) is 9.40. The van der Waals surface area contributed by atoms with Crippen molar-refractivity contribution in [3.05, 3.63) is 95.4 Å². The van der Waals surface area contributed by atoms with E-state index in [9.17, 15) is 5.41 Å². The summed E-state index contributed by atoms with van der Waals surface area (Å²) in [5, 5.41) is 16.4. The fourth-order valence-corrected chi connectivity index (χ4v) is 4.80. The number of hydrogen-bond donors (Lipinski definition) is 4. The quantitative estimate of drug-likeness (QED) is 0.320. The van der Waals surface area contributed by atoms with Gasteiger partial charge in [-0.05, 0) is 80.6 Å². The molecule has 1 unspecified atom stereocenters. The monoisotopic (exact) mass is 479 g/mol. The summed E-state index contributed by atoms with van der Waals surface area (Å²) in [6, 6.07) is 16.3. The molecule has 2 heterocycles. The van der Waals surface area contributed by atoms with Gasteiger partial charge in [-0.1, -0.05) is 36.4 Å². The molecule has 3 aromatic rings. The van der Waals surface area contributed by atoms with Gasteiger partial charge in [0.15, 0.2) is 0 Å². The maximum Gasteiger partial charge on any atom is 0.134 e. The standard InChI is InChI=1S/C30H33N5O/c1-20-17-22(14-15-26(20)36-24-12-6-3-7-13-24)28(31)27-29(35-23-11-8-16-33-18-23)25(19-34-30(27)32)21-9-4-2-5-10-21/h2,4-6,9-10,12-15,17,19,23,31,33H,3,7-8,11,16,18H2,1H3,(H3,32,34,35). The van der Waals surface area contributed by atoms with Crippen LogP contribution in [0.1, 0.15) is 42.4 Å². The van der Waals surface area contributed by atoms with E-state index >= 15 is 0 Å². The Morgan fingerprint density at radius 2 is 2.03 bits per heavy atom. The van der Waals surface area contributed by atoms with Crippen molar-refractivity contribution in [1.82, 2.24) is 10.3 Å². The van der Waals surface area contributed by atoms with Gasteiger partial charge in [-0.3, -0.25) is 5.41 Å². The molecular formula is C30H33N5O. The summed E-state index contributed by atoms with van der Waals surface area (Å²) in [5.41, 5.74) is 12.0. The minimum absolute atomic E-state index is 0.254. The van der Waals surface area contributed by atoms with Gasteiger partial charge in [0.1, 0.15) is 17.3 Å². The van der Waals surface area contributed by atoms with E-state index in [0.29, 0.717) is 17.1 Å². The zero-order valence-corrected chi connectivity index (χ0v) is 20.7. The van der Waals surface area contributed by atoms with Crippen LogP contribution >= 0.6 is 0 Å². The highest BCUT2D eigenvalue weighted by molar-refractivity contribution is 6.18. The van der Waals surface area contributed by atoms with Gasteiger partial charge in [0.05, 0.1) is 17.0 Å². The molecule has 0 spiro atoms. The van der Waals surface area contributed by atoms with E-state index in [0.717, 1.165) is 78.2 Å². The molecule has 5 N–H and O–H groups in total. The number of aromatic nitrogens is 1. The molecular weight excluding hydrogens is 446 g/mol. The number of nitrogen functional groups attached to an aromatic ring is 1. The van der Waals surface area contributed by atoms with Crippen LogP contribution in [0.2, 0.25) is 0 Å². The second-order valence-corrected chi connectivity index (χ2v) is 9.40. The lowest BCUT2D eigenvalue weighted by Crippen LogP contribution is -2.39. The number of hydrogen-bond acceptors (Lipinski definition) is 6. The number of anilines is 2. The van der Waals surface area contributed by atoms with Crippen LogP contribution < -0.4 is 21.1 Å². The Morgan fingerprint density at radius 1 is 1.17 bits per heavy atom. The highest BCUT2D eigenvalue weighted by Gasteiger charge is 2.23. The molecule has 2 aromatic carbocycles. The van der Waals surface area contributed by atoms with Crippen molar-refractivity contribution in [2.45, 2.75) is 38.6 Å². The van der Waals surface area contributed by atoms with Gasteiger partial charge in [0.2, 0.25) is 0 Å². The third-order valence-corrected chi connectivity index (χ3v) is 6.74. The van der Waals surface area contributed by atoms with Crippen LogP contribution in [-0.2, 0) is 0 Å². The van der Waals surface area contributed by atoms with Gasteiger partial charge >= 0.3 is 0 Å². The van der Waals surface area contributed by atoms with E-state index in [1.165, 1.54) is 0 Å². The Balaban J connectivity index is 1.52. The fraction of sp³-hybridized carbons (Fsp3) is 0.267. The van der Waals surface area contributed by atoms with Crippen LogP contribution in [0, 0.1) is 12.3 Å². The molecule has 1 fully saturated rings. The Morgan fingerprint density at radius 3 is 2.75 bits per heavy atom. The molecule has 0 radical (unpaired) electrons. The number of pyridine rings is 1. The molecule has 1 aliphatic heterocycles. The van der Waals surface area contributed by atoms with Crippen molar-refractivity contribution < 1.29 is 4.74 Å². The largest absolute Gasteiger partial charge is 0.457 e. The molecule has 5 rings (SSSR count). The van der Waals surface area contributed by atoms with Crippen molar-refractivity contribution in [3.8, 4) is 16.9 Å². The first-order valence-corrected chi connectivity index (χ1v) is 12.7. The summed E-state index contributed by atoms with van der Waals surface area (Å²) in [6.45, 7) is 3.91. The summed E-state index contributed by atoms with van der Waals surface area (Å²) in [7, 11) is 0. The third kappa shape index (κ3) is 5.19. The number of nitrogens with zero attached hydrogens (tertiary/aromatic N) is 1. The average Bonchev–Trinajstić information content (AvgIpc) is 2.91. The fourth-order valence-electron chi connectivity index (χ4n) is 4.80. The highest BCUT2D eigenvalue weighted by atomic mass is 16.5. The molecule has 6 heteroatoms. The number of piperidine rings is 1. The van der Waals surface area contributed by atoms with Crippen LogP contribution in [0.15, 0.2) is 78.7 Å². The summed E-state index contributed by atoms with van der Waals surface area (Å²) < 4.78 is 6.10. The van der Waals surface area contributed by atoms with Crippen LogP contribution in [-0.4, -0.2) is 29.8 Å². The molecule has 1 atom stereocenters. The molecule has 36 heavy (non-hydrogen) atoms. The smallest absolute Gasteiger partial charge is 0.134 e. The van der Waals surface area contributed by atoms with E-state index in [1.807, 2.05) is 55.6 Å². The van der Waals surface area contributed by atoms with Crippen molar-refractivity contribution in [2.24, 2.45) is 0 Å². The summed E-state index contributed by atoms with van der Waals surface area (Å²) in [6.07, 6.45) is 12.3. The molecule has 1 saturated heterocycles. The summed E-state index contributed by atoms with van der Waals surface area (Å²) >= 11 is 0. The van der Waals surface area contributed by atoms with Gasteiger partial charge in [0.25, 0.3) is 0 Å². The predicted molar refractivity (Wildman–Crippen MR) is 148 cm³/mol. The van der Waals surface area contributed by atoms with Gasteiger partial charge in [-0.2, -0.15) is 0 Å². The summed E-state index contributed by atoms with van der Waals surface area (Å²) in [4.78, 5) is 4.51. The number of rotatable bonds is 7. The third-order valence-electron chi connectivity index (χ3n) is 6.74. The first kappa shape index (κ1) is 23.8. The minimum atomic E-state index is 0.254. The minimum Gasteiger partial charge on any atom is -0.457 e. The lowest BCUT2D eigenvalue weighted by Gasteiger charge is -2.28. The van der Waals surface area contributed by atoms with Gasteiger partial charge in [-0.25, -0.2) is 4.98 Å². The molecule has 0 amide bonds. The molecule has 0 bridgehead atoms. The van der Waals surface area contributed by atoms with Gasteiger partial charge in [-0.15, -0.1) is 0 Å². The maximum absolute atomic E-state index is 9.21. The van der Waals surface area contributed by atoms with E-state index in [-0.39, 0.29) is 6.04 Å². The van der Waals surface area contributed by atoms with Gasteiger partial charge in [0, 0.05) is 29.9 Å². The lowest BCUT2D eigenvalue weighted by molar-refractivity contribution is 0.436. The van der Waals surface area contributed by atoms with E-state index in [4.69, 9.17) is 10.5 Å². The zero-order valence-electron chi connectivity index (χ0n) is 20.7. The zero-order chi connectivity index (χ0) is 24.9. The van der Waals surface area contributed by atoms with Crippen molar-refractivity contribution in [1.29, 1.82) is 5.41 Å². The Kier molecular flexibility index (Phi) is 7.14. The first-order chi connectivity index (χ1) is 17.6. The number of nitrogens with one attached hydrogen (secondary N) is 3. The predicted octanol–water partition coefficient (Wildman–Crippen LogP) is 5.83. The molecule has 6 nitrogen and oxygen atoms in total.